The van der Waals surface area contributed by atoms with E-state index in [1.165, 1.54) is 19.3 Å². The lowest BCUT2D eigenvalue weighted by molar-refractivity contribution is -0.136. The second-order valence-electron chi connectivity index (χ2n) is 10.5. The molecule has 2 nitrogen and oxygen atoms in total. The number of carbonyl (C=O) groups is 1. The number of aliphatic hydroxyl groups excluding tert-OH is 1. The van der Waals surface area contributed by atoms with E-state index in [1.807, 2.05) is 6.92 Å². The minimum absolute atomic E-state index is 0.0865. The fourth-order valence-corrected chi connectivity index (χ4v) is 7.82. The van der Waals surface area contributed by atoms with Crippen molar-refractivity contribution in [3.63, 3.8) is 0 Å². The Morgan fingerprint density at radius 1 is 1.16 bits per heavy atom. The van der Waals surface area contributed by atoms with E-state index in [-0.39, 0.29) is 16.9 Å². The Bertz CT molecular complexity index is 622. The van der Waals surface area contributed by atoms with Crippen LogP contribution in [-0.2, 0) is 4.79 Å². The SMILES string of the molecule is CC(=O)[C@@]1(C)[C@H](C)C[C@H]2[C@@H]3CC[C@H]4C[C@@H](O)CC[C@]4(C)C3=CC[C@@]21C. The highest BCUT2D eigenvalue weighted by molar-refractivity contribution is 5.84. The van der Waals surface area contributed by atoms with Gasteiger partial charge in [-0.3, -0.25) is 4.79 Å². The molecule has 0 aromatic heterocycles. The van der Waals surface area contributed by atoms with Gasteiger partial charge in [0.05, 0.1) is 6.10 Å². The van der Waals surface area contributed by atoms with Crippen molar-refractivity contribution in [2.45, 2.75) is 85.7 Å². The van der Waals surface area contributed by atoms with E-state index in [1.54, 1.807) is 5.57 Å². The highest BCUT2D eigenvalue weighted by Crippen LogP contribution is 2.70. The second kappa shape index (κ2) is 5.44. The molecule has 0 aromatic rings. The summed E-state index contributed by atoms with van der Waals surface area (Å²) >= 11 is 0. The molecule has 0 bridgehead atoms. The van der Waals surface area contributed by atoms with Crippen molar-refractivity contribution in [3.05, 3.63) is 11.6 Å². The molecule has 25 heavy (non-hydrogen) atoms. The molecule has 140 valence electrons. The van der Waals surface area contributed by atoms with Crippen LogP contribution < -0.4 is 0 Å². The van der Waals surface area contributed by atoms with Crippen molar-refractivity contribution >= 4 is 5.78 Å². The number of hydrogen-bond donors (Lipinski definition) is 1. The first-order valence-corrected chi connectivity index (χ1v) is 10.5. The molecule has 0 spiro atoms. The average Bonchev–Trinajstić information content (AvgIpc) is 2.77. The monoisotopic (exact) mass is 344 g/mol. The molecular weight excluding hydrogens is 308 g/mol. The minimum atomic E-state index is -0.180. The fourth-order valence-electron chi connectivity index (χ4n) is 7.82. The molecule has 0 aromatic carbocycles. The zero-order valence-corrected chi connectivity index (χ0v) is 16.8. The van der Waals surface area contributed by atoms with E-state index in [0.29, 0.717) is 34.9 Å². The summed E-state index contributed by atoms with van der Waals surface area (Å²) in [4.78, 5) is 12.7. The third-order valence-electron chi connectivity index (χ3n) is 9.90. The van der Waals surface area contributed by atoms with Crippen LogP contribution in [0.1, 0.15) is 79.6 Å². The quantitative estimate of drug-likeness (QED) is 0.668. The zero-order valence-electron chi connectivity index (χ0n) is 16.8. The number of ketones is 1. The molecule has 0 heterocycles. The van der Waals surface area contributed by atoms with Gasteiger partial charge in [0.15, 0.2) is 0 Å². The lowest BCUT2D eigenvalue weighted by Crippen LogP contribution is -2.51. The first kappa shape index (κ1) is 17.8. The van der Waals surface area contributed by atoms with Crippen LogP contribution in [0.15, 0.2) is 11.6 Å². The van der Waals surface area contributed by atoms with E-state index >= 15 is 0 Å². The van der Waals surface area contributed by atoms with Gasteiger partial charge in [0.1, 0.15) is 5.78 Å². The maximum Gasteiger partial charge on any atom is 0.136 e. The van der Waals surface area contributed by atoms with Gasteiger partial charge in [-0.05, 0) is 86.4 Å². The van der Waals surface area contributed by atoms with Crippen LogP contribution in [0.3, 0.4) is 0 Å². The third-order valence-corrected chi connectivity index (χ3v) is 9.90. The molecule has 3 fully saturated rings. The van der Waals surface area contributed by atoms with Gasteiger partial charge in [0.2, 0.25) is 0 Å². The smallest absolute Gasteiger partial charge is 0.136 e. The largest absolute Gasteiger partial charge is 0.393 e. The molecule has 4 aliphatic rings. The van der Waals surface area contributed by atoms with Gasteiger partial charge in [-0.15, -0.1) is 0 Å². The van der Waals surface area contributed by atoms with E-state index in [0.717, 1.165) is 25.7 Å². The van der Waals surface area contributed by atoms with E-state index in [4.69, 9.17) is 0 Å². The summed E-state index contributed by atoms with van der Waals surface area (Å²) in [5, 5.41) is 10.2. The zero-order chi connectivity index (χ0) is 18.2. The summed E-state index contributed by atoms with van der Waals surface area (Å²) in [6.07, 6.45) is 10.4. The van der Waals surface area contributed by atoms with Gasteiger partial charge in [-0.25, -0.2) is 0 Å². The normalized spacial score (nSPS) is 55.0. The first-order valence-electron chi connectivity index (χ1n) is 10.5. The van der Waals surface area contributed by atoms with Crippen LogP contribution in [0.5, 0.6) is 0 Å². The van der Waals surface area contributed by atoms with Crippen LogP contribution in [0, 0.1) is 39.9 Å². The summed E-state index contributed by atoms with van der Waals surface area (Å²) in [6, 6.07) is 0. The molecule has 4 rings (SSSR count). The predicted octanol–water partition coefficient (Wildman–Crippen LogP) is 5.15. The molecule has 0 saturated heterocycles. The lowest BCUT2D eigenvalue weighted by Gasteiger charge is -2.57. The molecule has 2 heteroatoms. The van der Waals surface area contributed by atoms with Gasteiger partial charge in [0.25, 0.3) is 0 Å². The summed E-state index contributed by atoms with van der Waals surface area (Å²) in [5.74, 6) is 2.84. The summed E-state index contributed by atoms with van der Waals surface area (Å²) in [5.41, 5.74) is 1.93. The van der Waals surface area contributed by atoms with Crippen molar-refractivity contribution in [1.82, 2.24) is 0 Å². The molecule has 4 aliphatic carbocycles. The number of Topliss-reactive ketones (excluding diaryl/α,β-unsaturated/α-hetero) is 1. The van der Waals surface area contributed by atoms with E-state index < -0.39 is 0 Å². The molecular formula is C23H36O2. The predicted molar refractivity (Wildman–Crippen MR) is 101 cm³/mol. The maximum atomic E-state index is 12.7. The number of aliphatic hydroxyl groups is 1. The Balaban J connectivity index is 1.74. The van der Waals surface area contributed by atoms with Gasteiger partial charge < -0.3 is 5.11 Å². The first-order chi connectivity index (χ1) is 11.6. The number of hydrogen-bond acceptors (Lipinski definition) is 2. The summed E-state index contributed by atoms with van der Waals surface area (Å²) in [7, 11) is 0. The topological polar surface area (TPSA) is 37.3 Å². The van der Waals surface area contributed by atoms with Crippen LogP contribution in [0.25, 0.3) is 0 Å². The van der Waals surface area contributed by atoms with Crippen LogP contribution in [-0.4, -0.2) is 17.0 Å². The Kier molecular flexibility index (Phi) is 3.87. The Morgan fingerprint density at radius 3 is 2.56 bits per heavy atom. The van der Waals surface area contributed by atoms with Gasteiger partial charge >= 0.3 is 0 Å². The second-order valence-corrected chi connectivity index (χ2v) is 10.5. The molecule has 1 N–H and O–H groups in total. The molecule has 0 amide bonds. The minimum Gasteiger partial charge on any atom is -0.393 e. The van der Waals surface area contributed by atoms with Crippen LogP contribution >= 0.6 is 0 Å². The van der Waals surface area contributed by atoms with Gasteiger partial charge in [0, 0.05) is 5.41 Å². The van der Waals surface area contributed by atoms with Gasteiger partial charge in [-0.1, -0.05) is 39.3 Å². The highest BCUT2D eigenvalue weighted by atomic mass is 16.3. The maximum absolute atomic E-state index is 12.7. The van der Waals surface area contributed by atoms with Crippen molar-refractivity contribution in [2.75, 3.05) is 0 Å². The molecule has 3 saturated carbocycles. The van der Waals surface area contributed by atoms with Crippen LogP contribution in [0.4, 0.5) is 0 Å². The van der Waals surface area contributed by atoms with Crippen molar-refractivity contribution in [1.29, 1.82) is 0 Å². The van der Waals surface area contributed by atoms with Gasteiger partial charge in [-0.2, -0.15) is 0 Å². The lowest BCUT2D eigenvalue weighted by atomic mass is 9.47. The molecule has 0 radical (unpaired) electrons. The Hall–Kier alpha value is -0.630. The van der Waals surface area contributed by atoms with Crippen LogP contribution in [0.2, 0.25) is 0 Å². The number of allylic oxidation sites excluding steroid dienone is 2. The molecule has 8 atom stereocenters. The number of fused-ring (bicyclic) bond motifs is 5. The summed E-state index contributed by atoms with van der Waals surface area (Å²) < 4.78 is 0. The van der Waals surface area contributed by atoms with Crippen molar-refractivity contribution < 1.29 is 9.90 Å². The molecule has 0 aliphatic heterocycles. The fraction of sp³-hybridized carbons (Fsp3) is 0.870. The van der Waals surface area contributed by atoms with Crippen molar-refractivity contribution in [3.8, 4) is 0 Å². The number of rotatable bonds is 1. The highest BCUT2D eigenvalue weighted by Gasteiger charge is 2.64. The Morgan fingerprint density at radius 2 is 1.88 bits per heavy atom. The number of carbonyl (C=O) groups excluding carboxylic acids is 1. The van der Waals surface area contributed by atoms with E-state index in [2.05, 4.69) is 33.8 Å². The summed E-state index contributed by atoms with van der Waals surface area (Å²) in [6.45, 7) is 11.3. The third kappa shape index (κ3) is 2.10. The molecule has 0 unspecified atom stereocenters. The average molecular weight is 345 g/mol. The van der Waals surface area contributed by atoms with Crippen molar-refractivity contribution in [2.24, 2.45) is 39.9 Å². The van der Waals surface area contributed by atoms with E-state index in [9.17, 15) is 9.90 Å². The standard InChI is InChI=1S/C23H36O2/c1-14-12-20-18-7-6-16-13-17(25)8-10-21(16,3)19(18)9-11-22(20,4)23(14,5)15(2)24/h9,14,16-18,20,25H,6-8,10-13H2,1-5H3/t14-,16+,17+,18-,20+,21+,22+,23-/m1/s1. The Labute approximate surface area is 153 Å².